The van der Waals surface area contributed by atoms with Crippen LogP contribution >= 0.6 is 0 Å². The van der Waals surface area contributed by atoms with Crippen molar-refractivity contribution in [1.82, 2.24) is 5.32 Å². The van der Waals surface area contributed by atoms with Crippen LogP contribution in [0.5, 0.6) is 0 Å². The van der Waals surface area contributed by atoms with Crippen molar-refractivity contribution in [3.63, 3.8) is 0 Å². The monoisotopic (exact) mass is 1100 g/mol. The van der Waals surface area contributed by atoms with E-state index in [1.165, 1.54) is 0 Å². The van der Waals surface area contributed by atoms with Crippen molar-refractivity contribution in [2.24, 2.45) is 0 Å². The first kappa shape index (κ1) is 71.2. The summed E-state index contributed by atoms with van der Waals surface area (Å²) in [4.78, 5) is 22.1. The predicted octanol–water partition coefficient (Wildman–Crippen LogP) is 1.72. The largest absolute Gasteiger partial charge is 0.481 e. The van der Waals surface area contributed by atoms with Gasteiger partial charge in [0.15, 0.2) is 0 Å². The molecule has 0 aliphatic heterocycles. The molecule has 0 saturated carbocycles. The zero-order chi connectivity index (χ0) is 54.2. The van der Waals surface area contributed by atoms with Crippen molar-refractivity contribution in [3.8, 4) is 0 Å². The molecule has 1 aromatic carbocycles. The second kappa shape index (κ2) is 63.0. The molecule has 0 spiro atoms. The highest BCUT2D eigenvalue weighted by Crippen LogP contribution is 2.00. The molecule has 1 rings (SSSR count). The smallest absolute Gasteiger partial charge is 0.407 e. The molecule has 0 aliphatic rings. The third-order valence-corrected chi connectivity index (χ3v) is 9.26. The number of carbonyl (C=O) groups excluding carboxylic acids is 1. The summed E-state index contributed by atoms with van der Waals surface area (Å²) in [5, 5.41) is 11.2. The van der Waals surface area contributed by atoms with E-state index in [0.29, 0.717) is 264 Å². The topological polar surface area (TPSA) is 260 Å². The van der Waals surface area contributed by atoms with E-state index in [4.69, 9.17) is 105 Å². The molecule has 0 aromatic heterocycles. The first-order valence-corrected chi connectivity index (χ1v) is 26.4. The van der Waals surface area contributed by atoms with Crippen molar-refractivity contribution in [3.05, 3.63) is 35.9 Å². The molecule has 0 heterocycles. The summed E-state index contributed by atoms with van der Waals surface area (Å²) in [5.41, 5.74) is 0.931. The van der Waals surface area contributed by atoms with Gasteiger partial charge in [-0.25, -0.2) is 4.79 Å². The number of amides is 1. The van der Waals surface area contributed by atoms with E-state index in [-0.39, 0.29) is 19.6 Å². The molecule has 0 radical (unpaired) electrons. The first-order valence-electron chi connectivity index (χ1n) is 26.4. The van der Waals surface area contributed by atoms with Gasteiger partial charge in [0.05, 0.1) is 271 Å². The SMILES string of the molecule is O=C(O)CCOCCOCCOCCOCCOCCOCCOCCOCCOCCOCCOCCOCCOCCOCCOCCOCCOCCOCCOCCOCCNC(=O)OCc1ccccc1. The van der Waals surface area contributed by atoms with Gasteiger partial charge in [0.2, 0.25) is 0 Å². The highest BCUT2D eigenvalue weighted by molar-refractivity contribution is 5.67. The molecular formula is C51H93NO24. The number of aliphatic carboxylic acids is 1. The molecule has 25 heteroatoms. The quantitative estimate of drug-likeness (QED) is 0.0880. The number of benzene rings is 1. The standard InChI is InChI=1S/C51H93NO24/c53-50(54)6-8-56-10-12-58-14-16-60-18-20-62-22-24-64-26-28-66-30-32-68-34-36-70-38-40-72-42-44-74-46-47-75-45-43-73-41-39-71-37-35-69-33-31-67-29-27-65-25-23-63-21-19-61-17-15-59-13-11-57-9-7-52-51(55)76-48-49-4-2-1-3-5-49/h1-5H,6-48H2,(H,52,55)(H,53,54). The van der Waals surface area contributed by atoms with Gasteiger partial charge in [-0.3, -0.25) is 4.79 Å². The fraction of sp³-hybridized carbons (Fsp3) is 0.843. The maximum absolute atomic E-state index is 11.7. The van der Waals surface area contributed by atoms with Gasteiger partial charge in [0.1, 0.15) is 6.61 Å². The number of nitrogens with one attached hydrogen (secondary N) is 1. The molecule has 25 nitrogen and oxygen atoms in total. The Labute approximate surface area is 450 Å². The minimum absolute atomic E-state index is 0.0101. The Kier molecular flexibility index (Phi) is 59.0. The minimum Gasteiger partial charge on any atom is -0.481 e. The normalized spacial score (nSPS) is 11.5. The number of hydrogen-bond acceptors (Lipinski definition) is 23. The van der Waals surface area contributed by atoms with Crippen LogP contribution in [0.15, 0.2) is 30.3 Å². The van der Waals surface area contributed by atoms with E-state index in [9.17, 15) is 9.59 Å². The lowest BCUT2D eigenvalue weighted by Gasteiger charge is -2.09. The number of carboxylic acids is 1. The number of carbonyl (C=O) groups is 2. The fourth-order valence-electron chi connectivity index (χ4n) is 5.44. The van der Waals surface area contributed by atoms with Crippen molar-refractivity contribution in [2.45, 2.75) is 13.0 Å². The molecule has 0 atom stereocenters. The Morgan fingerprint density at radius 2 is 0.487 bits per heavy atom. The second-order valence-electron chi connectivity index (χ2n) is 15.4. The van der Waals surface area contributed by atoms with Gasteiger partial charge >= 0.3 is 12.1 Å². The number of alkyl carbamates (subject to hydrolysis) is 1. The van der Waals surface area contributed by atoms with Crippen LogP contribution in [0.25, 0.3) is 0 Å². The minimum atomic E-state index is -0.880. The van der Waals surface area contributed by atoms with E-state index < -0.39 is 12.1 Å². The summed E-state index contributed by atoms with van der Waals surface area (Å²) >= 11 is 0. The highest BCUT2D eigenvalue weighted by Gasteiger charge is 2.03. The summed E-state index contributed by atoms with van der Waals surface area (Å²) in [7, 11) is 0. The van der Waals surface area contributed by atoms with Crippen LogP contribution in [0.1, 0.15) is 12.0 Å². The van der Waals surface area contributed by atoms with E-state index in [0.717, 1.165) is 5.56 Å². The van der Waals surface area contributed by atoms with Crippen molar-refractivity contribution in [2.75, 3.05) is 271 Å². The number of rotatable bonds is 65. The van der Waals surface area contributed by atoms with E-state index in [2.05, 4.69) is 5.32 Å². The molecule has 0 unspecified atom stereocenters. The van der Waals surface area contributed by atoms with Crippen LogP contribution in [-0.2, 0) is 111 Å². The number of carboxylic acid groups (broad SMARTS) is 1. The molecule has 2 N–H and O–H groups in total. The lowest BCUT2D eigenvalue weighted by atomic mass is 10.2. The Balaban J connectivity index is 1.60. The maximum atomic E-state index is 11.7. The zero-order valence-electron chi connectivity index (χ0n) is 45.1. The van der Waals surface area contributed by atoms with E-state index in [1.54, 1.807) is 0 Å². The third-order valence-electron chi connectivity index (χ3n) is 9.26. The molecule has 1 amide bonds. The predicted molar refractivity (Wildman–Crippen MR) is 273 cm³/mol. The summed E-state index contributed by atoms with van der Waals surface area (Å²) in [6.07, 6.45) is -0.486. The third kappa shape index (κ3) is 60.4. The zero-order valence-corrected chi connectivity index (χ0v) is 45.1. The average Bonchev–Trinajstić information content (AvgIpc) is 3.42. The van der Waals surface area contributed by atoms with Crippen molar-refractivity contribution >= 4 is 12.1 Å². The molecule has 0 aliphatic carbocycles. The Hall–Kier alpha value is -2.84. The van der Waals surface area contributed by atoms with Crippen molar-refractivity contribution < 1.29 is 114 Å². The highest BCUT2D eigenvalue weighted by atomic mass is 16.6. The van der Waals surface area contributed by atoms with E-state index >= 15 is 0 Å². The van der Waals surface area contributed by atoms with Crippen LogP contribution in [-0.4, -0.2) is 288 Å². The van der Waals surface area contributed by atoms with Gasteiger partial charge in [-0.2, -0.15) is 0 Å². The van der Waals surface area contributed by atoms with Gasteiger partial charge in [-0.05, 0) is 5.56 Å². The van der Waals surface area contributed by atoms with Gasteiger partial charge in [0.25, 0.3) is 0 Å². The first-order chi connectivity index (χ1) is 37.7. The summed E-state index contributed by atoms with van der Waals surface area (Å²) in [6.45, 7) is 18.8. The molecule has 0 fully saturated rings. The van der Waals surface area contributed by atoms with Crippen LogP contribution < -0.4 is 5.32 Å². The summed E-state index contributed by atoms with van der Waals surface area (Å²) in [5.74, 6) is -0.880. The van der Waals surface area contributed by atoms with Crippen LogP contribution in [0, 0.1) is 0 Å². The van der Waals surface area contributed by atoms with Gasteiger partial charge in [-0.15, -0.1) is 0 Å². The average molecular weight is 1100 g/mol. The van der Waals surface area contributed by atoms with Gasteiger partial charge in [0, 0.05) is 6.54 Å². The Bertz CT molecular complexity index is 1300. The molecule has 1 aromatic rings. The molecule has 0 bridgehead atoms. The Morgan fingerprint density at radius 3 is 0.697 bits per heavy atom. The van der Waals surface area contributed by atoms with Gasteiger partial charge in [-0.1, -0.05) is 30.3 Å². The molecular weight excluding hydrogens is 1010 g/mol. The molecule has 0 saturated heterocycles. The fourth-order valence-corrected chi connectivity index (χ4v) is 5.44. The van der Waals surface area contributed by atoms with Crippen LogP contribution in [0.2, 0.25) is 0 Å². The van der Waals surface area contributed by atoms with Crippen LogP contribution in [0.4, 0.5) is 4.79 Å². The van der Waals surface area contributed by atoms with Crippen molar-refractivity contribution in [1.29, 1.82) is 0 Å². The summed E-state index contributed by atoms with van der Waals surface area (Å²) in [6, 6.07) is 9.49. The molecule has 76 heavy (non-hydrogen) atoms. The number of ether oxygens (including phenoxy) is 21. The second-order valence-corrected chi connectivity index (χ2v) is 15.4. The lowest BCUT2D eigenvalue weighted by Crippen LogP contribution is -2.28. The number of hydrogen-bond donors (Lipinski definition) is 2. The lowest BCUT2D eigenvalue weighted by molar-refractivity contribution is -0.138. The van der Waals surface area contributed by atoms with Gasteiger partial charge < -0.3 is 110 Å². The van der Waals surface area contributed by atoms with Crippen LogP contribution in [0.3, 0.4) is 0 Å². The Morgan fingerprint density at radius 1 is 0.289 bits per heavy atom. The maximum Gasteiger partial charge on any atom is 0.407 e. The molecule has 446 valence electrons. The summed E-state index contributed by atoms with van der Waals surface area (Å²) < 4.78 is 114. The van der Waals surface area contributed by atoms with E-state index in [1.807, 2.05) is 30.3 Å².